The molecule has 0 bridgehead atoms. The van der Waals surface area contributed by atoms with Crippen LogP contribution in [0.5, 0.6) is 0 Å². The molecule has 1 aliphatic heterocycles. The van der Waals surface area contributed by atoms with Gasteiger partial charge >= 0.3 is 18.2 Å². The first-order chi connectivity index (χ1) is 19.5. The summed E-state index contributed by atoms with van der Waals surface area (Å²) in [4.78, 5) is 43.1. The van der Waals surface area contributed by atoms with Gasteiger partial charge in [0.25, 0.3) is 0 Å². The molecule has 0 unspecified atom stereocenters. The van der Waals surface area contributed by atoms with Gasteiger partial charge in [-0.15, -0.1) is 0 Å². The van der Waals surface area contributed by atoms with Crippen molar-refractivity contribution in [3.05, 3.63) is 89.0 Å². The van der Waals surface area contributed by atoms with E-state index in [4.69, 9.17) is 0 Å². The van der Waals surface area contributed by atoms with Gasteiger partial charge in [0.2, 0.25) is 5.91 Å². The summed E-state index contributed by atoms with van der Waals surface area (Å²) in [6.07, 6.45) is -3.21. The minimum Gasteiger partial charge on any atom is -0.336 e. The predicted octanol–water partition coefficient (Wildman–Crippen LogP) is 6.61. The summed E-state index contributed by atoms with van der Waals surface area (Å²) in [7, 11) is 0. The lowest BCUT2D eigenvalue weighted by atomic mass is 10.0. The number of benzene rings is 3. The number of urea groups is 2. The van der Waals surface area contributed by atoms with Gasteiger partial charge in [-0.1, -0.05) is 49.0 Å². The standard InChI is InChI=1S/C29H28F3N5O3S/c1-3-20-6-4-5-18(2)25(20)37-24(38)17-41-28(37)36-26(39)33-16-15-19-7-11-22(12-8-19)34-27(40)35-23-13-9-21(10-14-23)29(30,31)32/h4-14H,3,15-17H2,1-2H3,(H,33,39)(H2,34,35,40)/b36-28-. The average Bonchev–Trinajstić information content (AvgIpc) is 3.28. The fourth-order valence-electron chi connectivity index (χ4n) is 4.22. The molecule has 1 fully saturated rings. The van der Waals surface area contributed by atoms with E-state index in [1.807, 2.05) is 32.0 Å². The summed E-state index contributed by atoms with van der Waals surface area (Å²) in [5, 5.41) is 8.19. The zero-order chi connectivity index (χ0) is 29.6. The molecule has 1 saturated heterocycles. The Bertz CT molecular complexity index is 1460. The summed E-state index contributed by atoms with van der Waals surface area (Å²) in [5.41, 5.74) is 3.51. The number of para-hydroxylation sites is 1. The smallest absolute Gasteiger partial charge is 0.336 e. The van der Waals surface area contributed by atoms with Crippen LogP contribution in [0.3, 0.4) is 0 Å². The van der Waals surface area contributed by atoms with Crippen molar-refractivity contribution in [1.82, 2.24) is 5.32 Å². The normalized spacial score (nSPS) is 14.3. The molecule has 3 aromatic carbocycles. The average molecular weight is 584 g/mol. The number of carbonyl (C=O) groups excluding carboxylic acids is 3. The van der Waals surface area contributed by atoms with Gasteiger partial charge in [-0.2, -0.15) is 18.2 Å². The van der Waals surface area contributed by atoms with Gasteiger partial charge in [-0.25, -0.2) is 9.59 Å². The Hall–Kier alpha value is -4.32. The molecule has 12 heteroatoms. The van der Waals surface area contributed by atoms with E-state index in [0.29, 0.717) is 23.8 Å². The molecule has 0 saturated carbocycles. The highest BCUT2D eigenvalue weighted by molar-refractivity contribution is 8.15. The number of amidine groups is 1. The molecule has 214 valence electrons. The lowest BCUT2D eigenvalue weighted by Gasteiger charge is -2.21. The third-order valence-electron chi connectivity index (χ3n) is 6.26. The van der Waals surface area contributed by atoms with Crippen molar-refractivity contribution in [2.75, 3.05) is 27.8 Å². The third-order valence-corrected chi connectivity index (χ3v) is 7.18. The molecule has 41 heavy (non-hydrogen) atoms. The van der Waals surface area contributed by atoms with Gasteiger partial charge in [0.05, 0.1) is 17.0 Å². The van der Waals surface area contributed by atoms with Crippen LogP contribution in [-0.4, -0.2) is 35.4 Å². The first-order valence-corrected chi connectivity index (χ1v) is 13.8. The largest absolute Gasteiger partial charge is 0.416 e. The van der Waals surface area contributed by atoms with Gasteiger partial charge < -0.3 is 16.0 Å². The fraction of sp³-hybridized carbons (Fsp3) is 0.241. The van der Waals surface area contributed by atoms with Crippen LogP contribution in [0.4, 0.5) is 39.8 Å². The Kier molecular flexibility index (Phi) is 9.33. The maximum absolute atomic E-state index is 12.7. The van der Waals surface area contributed by atoms with Crippen molar-refractivity contribution in [1.29, 1.82) is 0 Å². The number of aryl methyl sites for hydroxylation is 2. The minimum absolute atomic E-state index is 0.118. The van der Waals surface area contributed by atoms with E-state index in [1.54, 1.807) is 24.3 Å². The van der Waals surface area contributed by atoms with E-state index >= 15 is 0 Å². The number of nitrogens with zero attached hydrogens (tertiary/aromatic N) is 2. The number of hydrogen-bond acceptors (Lipinski definition) is 4. The highest BCUT2D eigenvalue weighted by Crippen LogP contribution is 2.33. The topological polar surface area (TPSA) is 103 Å². The monoisotopic (exact) mass is 583 g/mol. The molecule has 1 heterocycles. The highest BCUT2D eigenvalue weighted by Gasteiger charge is 2.33. The van der Waals surface area contributed by atoms with E-state index in [9.17, 15) is 27.6 Å². The number of hydrogen-bond donors (Lipinski definition) is 3. The molecule has 3 N–H and O–H groups in total. The molecule has 0 atom stereocenters. The molecule has 0 aromatic heterocycles. The van der Waals surface area contributed by atoms with E-state index in [2.05, 4.69) is 20.9 Å². The number of nitrogens with one attached hydrogen (secondary N) is 3. The van der Waals surface area contributed by atoms with Gasteiger partial charge in [0.15, 0.2) is 5.17 Å². The molecule has 5 amide bonds. The number of thioether (sulfide) groups is 1. The number of carbonyl (C=O) groups is 3. The summed E-state index contributed by atoms with van der Waals surface area (Å²) in [6, 6.07) is 15.7. The maximum Gasteiger partial charge on any atom is 0.416 e. The van der Waals surface area contributed by atoms with Crippen molar-refractivity contribution in [2.24, 2.45) is 4.99 Å². The molecule has 0 radical (unpaired) electrons. The molecule has 4 rings (SSSR count). The van der Waals surface area contributed by atoms with Crippen molar-refractivity contribution in [3.63, 3.8) is 0 Å². The maximum atomic E-state index is 12.7. The van der Waals surface area contributed by atoms with Gasteiger partial charge in [0, 0.05) is 17.9 Å². The number of halogens is 3. The second-order valence-electron chi connectivity index (χ2n) is 9.18. The Labute approximate surface area is 239 Å². The molecule has 0 aliphatic carbocycles. The predicted molar refractivity (Wildman–Crippen MR) is 156 cm³/mol. The van der Waals surface area contributed by atoms with E-state index < -0.39 is 23.8 Å². The zero-order valence-electron chi connectivity index (χ0n) is 22.3. The highest BCUT2D eigenvalue weighted by atomic mass is 32.2. The Morgan fingerprint density at radius 3 is 2.22 bits per heavy atom. The Morgan fingerprint density at radius 2 is 1.61 bits per heavy atom. The molecule has 3 aromatic rings. The lowest BCUT2D eigenvalue weighted by molar-refractivity contribution is -0.137. The summed E-state index contributed by atoms with van der Waals surface area (Å²) < 4.78 is 38.0. The summed E-state index contributed by atoms with van der Waals surface area (Å²) in [5.74, 6) is 0.0964. The quantitative estimate of drug-likeness (QED) is 0.291. The van der Waals surface area contributed by atoms with Crippen LogP contribution in [0.25, 0.3) is 0 Å². The second-order valence-corrected chi connectivity index (χ2v) is 10.1. The lowest BCUT2D eigenvalue weighted by Crippen LogP contribution is -2.33. The number of amides is 5. The minimum atomic E-state index is -4.45. The van der Waals surface area contributed by atoms with Gasteiger partial charge in [-0.3, -0.25) is 9.69 Å². The SMILES string of the molecule is CCc1cccc(C)c1N1C(=O)CS/C1=N\C(=O)NCCc1ccc(NC(=O)Nc2ccc(C(F)(F)F)cc2)cc1. The van der Waals surface area contributed by atoms with Crippen LogP contribution in [0.1, 0.15) is 29.2 Å². The molecular weight excluding hydrogens is 555 g/mol. The number of aliphatic imine (C=N–C) groups is 1. The van der Waals surface area contributed by atoms with Gasteiger partial charge in [-0.05, 0) is 72.9 Å². The van der Waals surface area contributed by atoms with E-state index in [0.717, 1.165) is 40.9 Å². The second kappa shape index (κ2) is 12.9. The summed E-state index contributed by atoms with van der Waals surface area (Å²) >= 11 is 1.23. The van der Waals surface area contributed by atoms with Crippen molar-refractivity contribution in [2.45, 2.75) is 32.9 Å². The third kappa shape index (κ3) is 7.66. The van der Waals surface area contributed by atoms with Crippen molar-refractivity contribution < 1.29 is 27.6 Å². The van der Waals surface area contributed by atoms with Crippen LogP contribution in [-0.2, 0) is 23.8 Å². The van der Waals surface area contributed by atoms with Crippen molar-refractivity contribution in [3.8, 4) is 0 Å². The van der Waals surface area contributed by atoms with Crippen molar-refractivity contribution >= 4 is 52.0 Å². The molecule has 1 aliphatic rings. The van der Waals surface area contributed by atoms with Crippen LogP contribution in [0.2, 0.25) is 0 Å². The first-order valence-electron chi connectivity index (χ1n) is 12.8. The van der Waals surface area contributed by atoms with Crippen LogP contribution >= 0.6 is 11.8 Å². The Balaban J connectivity index is 1.28. The van der Waals surface area contributed by atoms with Crippen LogP contribution < -0.4 is 20.9 Å². The summed E-state index contributed by atoms with van der Waals surface area (Å²) in [6.45, 7) is 4.24. The Morgan fingerprint density at radius 1 is 0.976 bits per heavy atom. The van der Waals surface area contributed by atoms with E-state index in [1.165, 1.54) is 28.8 Å². The number of anilines is 3. The van der Waals surface area contributed by atoms with Crippen LogP contribution in [0, 0.1) is 6.92 Å². The zero-order valence-corrected chi connectivity index (χ0v) is 23.2. The molecule has 0 spiro atoms. The van der Waals surface area contributed by atoms with Crippen LogP contribution in [0.15, 0.2) is 71.7 Å². The van der Waals surface area contributed by atoms with Gasteiger partial charge in [0.1, 0.15) is 0 Å². The van der Waals surface area contributed by atoms with E-state index in [-0.39, 0.29) is 17.3 Å². The molecular formula is C29H28F3N5O3S. The fourth-order valence-corrected chi connectivity index (χ4v) is 5.07. The molecule has 8 nitrogen and oxygen atoms in total. The first kappa shape index (κ1) is 29.7. The number of alkyl halides is 3. The number of rotatable bonds is 7.